The summed E-state index contributed by atoms with van der Waals surface area (Å²) in [5.41, 5.74) is 0.680. The van der Waals surface area contributed by atoms with Crippen molar-refractivity contribution in [3.63, 3.8) is 0 Å². The molecular weight excluding hydrogens is 420 g/mol. The molecule has 1 atom stereocenters. The number of likely N-dealkylation sites (N-methyl/N-ethyl adjacent to an activating group) is 1. The number of Topliss-reactive ketones (excluding diaryl/α,β-unsaturated/α-hetero) is 1. The average Bonchev–Trinajstić information content (AvgIpc) is 3.07. The van der Waals surface area contributed by atoms with E-state index in [1.165, 1.54) is 12.0 Å². The molecule has 1 saturated heterocycles. The van der Waals surface area contributed by atoms with E-state index in [-0.39, 0.29) is 16.9 Å². The minimum Gasteiger partial charge on any atom is -0.507 e. The van der Waals surface area contributed by atoms with Crippen LogP contribution in [0.5, 0.6) is 11.5 Å². The van der Waals surface area contributed by atoms with E-state index >= 15 is 0 Å². The second-order valence-electron chi connectivity index (χ2n) is 8.26. The Bertz CT molecular complexity index is 1260. The summed E-state index contributed by atoms with van der Waals surface area (Å²) in [6.07, 6.45) is 0. The van der Waals surface area contributed by atoms with Crippen molar-refractivity contribution in [1.29, 1.82) is 0 Å². The number of benzene rings is 3. The number of aliphatic hydroxyl groups excluding tert-OH is 1. The van der Waals surface area contributed by atoms with Gasteiger partial charge in [0.15, 0.2) is 0 Å². The highest BCUT2D eigenvalue weighted by atomic mass is 16.5. The predicted molar refractivity (Wildman–Crippen MR) is 126 cm³/mol. The van der Waals surface area contributed by atoms with Crippen molar-refractivity contribution in [2.75, 3.05) is 34.3 Å². The first kappa shape index (κ1) is 22.4. The molecule has 4 rings (SSSR count). The molecule has 0 spiro atoms. The highest BCUT2D eigenvalue weighted by molar-refractivity contribution is 6.46. The van der Waals surface area contributed by atoms with Gasteiger partial charge in [-0.05, 0) is 43.2 Å². The largest absolute Gasteiger partial charge is 0.507 e. The topological polar surface area (TPSA) is 90.3 Å². The Labute approximate surface area is 192 Å². The lowest BCUT2D eigenvalue weighted by atomic mass is 9.94. The molecule has 1 aliphatic rings. The number of ether oxygens (including phenoxy) is 1. The molecule has 0 aliphatic carbocycles. The molecule has 2 N–H and O–H groups in total. The molecule has 1 fully saturated rings. The molecule has 1 heterocycles. The van der Waals surface area contributed by atoms with Crippen LogP contribution in [0.25, 0.3) is 16.5 Å². The quantitative estimate of drug-likeness (QED) is 0.342. The summed E-state index contributed by atoms with van der Waals surface area (Å²) in [5.74, 6) is -1.45. The molecule has 3 aromatic carbocycles. The average molecular weight is 447 g/mol. The standard InChI is InChI=1S/C26H26N2O5/c1-27(2)13-14-28-22(17-8-6-9-18(15-17)33-3)21(25(31)26(28)32)24(30)20-12-11-16-7-4-5-10-19(16)23(20)29/h4-12,15,22,29-30H,13-14H2,1-3H3/t22-/m0/s1. The third-order valence-electron chi connectivity index (χ3n) is 5.89. The van der Waals surface area contributed by atoms with Crippen LogP contribution in [0.4, 0.5) is 0 Å². The number of carbonyl (C=O) groups is 2. The summed E-state index contributed by atoms with van der Waals surface area (Å²) < 4.78 is 5.33. The third kappa shape index (κ3) is 4.03. The first-order valence-corrected chi connectivity index (χ1v) is 10.6. The fourth-order valence-corrected chi connectivity index (χ4v) is 4.17. The maximum atomic E-state index is 13.2. The lowest BCUT2D eigenvalue weighted by Crippen LogP contribution is -2.35. The molecule has 0 bridgehead atoms. The van der Waals surface area contributed by atoms with Crippen molar-refractivity contribution in [2.45, 2.75) is 6.04 Å². The van der Waals surface area contributed by atoms with Crippen LogP contribution < -0.4 is 4.74 Å². The second-order valence-corrected chi connectivity index (χ2v) is 8.26. The molecule has 0 unspecified atom stereocenters. The number of methoxy groups -OCH3 is 1. The van der Waals surface area contributed by atoms with Crippen molar-refractivity contribution in [2.24, 2.45) is 0 Å². The van der Waals surface area contributed by atoms with Crippen LogP contribution in [-0.4, -0.2) is 66.0 Å². The van der Waals surface area contributed by atoms with Crippen LogP contribution in [0.1, 0.15) is 17.2 Å². The van der Waals surface area contributed by atoms with Crippen LogP contribution >= 0.6 is 0 Å². The van der Waals surface area contributed by atoms with E-state index < -0.39 is 23.5 Å². The summed E-state index contributed by atoms with van der Waals surface area (Å²) in [4.78, 5) is 29.5. The fraction of sp³-hybridized carbons (Fsp3) is 0.231. The van der Waals surface area contributed by atoms with Gasteiger partial charge in [0.25, 0.3) is 11.7 Å². The summed E-state index contributed by atoms with van der Waals surface area (Å²) in [6.45, 7) is 0.828. The number of phenolic OH excluding ortho intramolecular Hbond substituents is 1. The lowest BCUT2D eigenvalue weighted by Gasteiger charge is -2.27. The number of amides is 1. The van der Waals surface area contributed by atoms with Crippen LogP contribution in [0.3, 0.4) is 0 Å². The van der Waals surface area contributed by atoms with Crippen LogP contribution in [0.2, 0.25) is 0 Å². The summed E-state index contributed by atoms with van der Waals surface area (Å²) in [6, 6.07) is 16.8. The molecule has 170 valence electrons. The molecule has 7 heteroatoms. The van der Waals surface area contributed by atoms with Crippen molar-refractivity contribution < 1.29 is 24.5 Å². The third-order valence-corrected chi connectivity index (χ3v) is 5.89. The zero-order valence-corrected chi connectivity index (χ0v) is 18.8. The van der Waals surface area contributed by atoms with Gasteiger partial charge >= 0.3 is 0 Å². The molecule has 33 heavy (non-hydrogen) atoms. The SMILES string of the molecule is COc1cccc([C@H]2C(=C(O)c3ccc4ccccc4c3O)C(=O)C(=O)N2CCN(C)C)c1. The normalized spacial score (nSPS) is 17.8. The molecule has 0 radical (unpaired) electrons. The monoisotopic (exact) mass is 446 g/mol. The highest BCUT2D eigenvalue weighted by Crippen LogP contribution is 2.42. The number of phenols is 1. The number of carbonyl (C=O) groups excluding carboxylic acids is 2. The Kier molecular flexibility index (Phi) is 6.07. The number of hydrogen-bond donors (Lipinski definition) is 2. The van der Waals surface area contributed by atoms with E-state index in [4.69, 9.17) is 4.74 Å². The van der Waals surface area contributed by atoms with Gasteiger partial charge in [-0.2, -0.15) is 0 Å². The minimum atomic E-state index is -0.814. The first-order valence-electron chi connectivity index (χ1n) is 10.6. The number of fused-ring (bicyclic) bond motifs is 1. The van der Waals surface area contributed by atoms with Gasteiger partial charge < -0.3 is 24.7 Å². The molecular formula is C26H26N2O5. The maximum Gasteiger partial charge on any atom is 0.295 e. The summed E-state index contributed by atoms with van der Waals surface area (Å²) in [7, 11) is 5.30. The van der Waals surface area contributed by atoms with Crippen LogP contribution in [-0.2, 0) is 9.59 Å². The molecule has 0 saturated carbocycles. The number of rotatable bonds is 6. The Morgan fingerprint density at radius 1 is 1.06 bits per heavy atom. The molecule has 7 nitrogen and oxygen atoms in total. The Morgan fingerprint density at radius 3 is 2.55 bits per heavy atom. The molecule has 0 aromatic heterocycles. The number of nitrogens with zero attached hydrogens (tertiary/aromatic N) is 2. The minimum absolute atomic E-state index is 0.0578. The number of aliphatic hydroxyl groups is 1. The van der Waals surface area contributed by atoms with E-state index in [9.17, 15) is 19.8 Å². The lowest BCUT2D eigenvalue weighted by molar-refractivity contribution is -0.140. The van der Waals surface area contributed by atoms with Gasteiger partial charge in [-0.1, -0.05) is 42.5 Å². The van der Waals surface area contributed by atoms with Gasteiger partial charge in [0.05, 0.1) is 24.3 Å². The second kappa shape index (κ2) is 8.96. The predicted octanol–water partition coefficient (Wildman–Crippen LogP) is 3.54. The Hall–Kier alpha value is -3.84. The van der Waals surface area contributed by atoms with E-state index in [1.807, 2.05) is 31.1 Å². The highest BCUT2D eigenvalue weighted by Gasteiger charge is 2.46. The number of aromatic hydroxyl groups is 1. The number of hydrogen-bond acceptors (Lipinski definition) is 6. The van der Waals surface area contributed by atoms with Gasteiger partial charge in [-0.3, -0.25) is 9.59 Å². The van der Waals surface area contributed by atoms with Crippen molar-refractivity contribution in [1.82, 2.24) is 9.80 Å². The van der Waals surface area contributed by atoms with E-state index in [1.54, 1.807) is 48.5 Å². The van der Waals surface area contributed by atoms with E-state index in [2.05, 4.69) is 0 Å². The zero-order chi connectivity index (χ0) is 23.7. The maximum absolute atomic E-state index is 13.2. The Morgan fingerprint density at radius 2 is 1.82 bits per heavy atom. The van der Waals surface area contributed by atoms with Gasteiger partial charge in [0, 0.05) is 18.5 Å². The molecule has 1 amide bonds. The summed E-state index contributed by atoms with van der Waals surface area (Å²) >= 11 is 0. The van der Waals surface area contributed by atoms with E-state index in [0.717, 1.165) is 5.39 Å². The number of likely N-dealkylation sites (tertiary alicyclic amines) is 1. The van der Waals surface area contributed by atoms with Crippen LogP contribution in [0.15, 0.2) is 66.2 Å². The van der Waals surface area contributed by atoms with Gasteiger partial charge in [-0.15, -0.1) is 0 Å². The molecule has 1 aliphatic heterocycles. The smallest absolute Gasteiger partial charge is 0.295 e. The fourth-order valence-electron chi connectivity index (χ4n) is 4.17. The van der Waals surface area contributed by atoms with Gasteiger partial charge in [0.1, 0.15) is 17.3 Å². The van der Waals surface area contributed by atoms with Crippen LogP contribution in [0, 0.1) is 0 Å². The van der Waals surface area contributed by atoms with Crippen molar-refractivity contribution in [3.05, 3.63) is 77.4 Å². The molecule has 3 aromatic rings. The van der Waals surface area contributed by atoms with E-state index in [0.29, 0.717) is 29.8 Å². The van der Waals surface area contributed by atoms with Gasteiger partial charge in [-0.25, -0.2) is 0 Å². The summed E-state index contributed by atoms with van der Waals surface area (Å²) in [5, 5.41) is 23.5. The first-order chi connectivity index (χ1) is 15.8. The number of ketones is 1. The van der Waals surface area contributed by atoms with Crippen molar-refractivity contribution >= 4 is 28.2 Å². The van der Waals surface area contributed by atoms with Crippen molar-refractivity contribution in [3.8, 4) is 11.5 Å². The van der Waals surface area contributed by atoms with Gasteiger partial charge in [0.2, 0.25) is 0 Å². The zero-order valence-electron chi connectivity index (χ0n) is 18.8. The Balaban J connectivity index is 1.91.